The number of fused-ring (bicyclic) bond motifs is 3. The average Bonchev–Trinajstić information content (AvgIpc) is 3.09. The van der Waals surface area contributed by atoms with Crippen molar-refractivity contribution in [3.05, 3.63) is 12.2 Å². The minimum atomic E-state index is -1.72. The van der Waals surface area contributed by atoms with Crippen molar-refractivity contribution < 1.29 is 64.5 Å². The molecule has 2 aliphatic heterocycles. The van der Waals surface area contributed by atoms with E-state index < -0.39 is 80.4 Å². The maximum Gasteiger partial charge on any atom is 0.187 e. The van der Waals surface area contributed by atoms with Gasteiger partial charge in [0.05, 0.1) is 25.4 Å². The van der Waals surface area contributed by atoms with Crippen LogP contribution in [0.1, 0.15) is 99.3 Å². The van der Waals surface area contributed by atoms with E-state index in [1.807, 2.05) is 26.0 Å². The molecule has 0 aromatic carbocycles. The summed E-state index contributed by atoms with van der Waals surface area (Å²) >= 11 is 0. The van der Waals surface area contributed by atoms with Gasteiger partial charge < -0.3 is 64.5 Å². The molecule has 0 amide bonds. The number of hydrogen-bond acceptors (Lipinski definition) is 13. The third kappa shape index (κ3) is 8.93. The molecule has 8 N–H and O–H groups in total. The smallest absolute Gasteiger partial charge is 0.187 e. The standard InChI is InChI=1S/C39H68O13/c1-20(2)12-15-39(47,21(3)4)52-25-8-7-9-27-26(22(5)16-25)11-10-23-17-24(13-14-38(23,27)6)48-37-35(33(45)31(43)29(19-41)50-37)51-36-34(46)32(44)30(42)28(18-40)49-36/h12,15,20-37,40-47H,7-11,13-14,16-19H2,1-6H3/b15-12+/t22?,23-,24?,25?,26?,27?,28?,29?,30?,31?,32?,33?,34?,35?,36?,37?,38+,39-/m1/s1. The van der Waals surface area contributed by atoms with Crippen molar-refractivity contribution >= 4 is 0 Å². The molecule has 52 heavy (non-hydrogen) atoms. The molecule has 2 saturated heterocycles. The number of aliphatic hydroxyl groups is 8. The van der Waals surface area contributed by atoms with Gasteiger partial charge in [-0.25, -0.2) is 0 Å². The molecule has 0 spiro atoms. The van der Waals surface area contributed by atoms with Crippen LogP contribution in [0.15, 0.2) is 12.2 Å². The summed E-state index contributed by atoms with van der Waals surface area (Å²) in [5.41, 5.74) is 0.104. The molecule has 15 unspecified atom stereocenters. The van der Waals surface area contributed by atoms with E-state index in [-0.39, 0.29) is 23.5 Å². The fourth-order valence-corrected chi connectivity index (χ4v) is 9.93. The first-order valence-corrected chi connectivity index (χ1v) is 19.9. The largest absolute Gasteiger partial charge is 0.394 e. The molecule has 13 nitrogen and oxygen atoms in total. The zero-order valence-electron chi connectivity index (χ0n) is 31.9. The number of allylic oxidation sites excluding steroid dienone is 1. The lowest BCUT2D eigenvalue weighted by Crippen LogP contribution is -2.65. The Hall–Kier alpha value is -0.780. The Labute approximate surface area is 309 Å². The van der Waals surface area contributed by atoms with E-state index in [9.17, 15) is 40.9 Å². The Morgan fingerprint density at radius 1 is 0.769 bits per heavy atom. The zero-order valence-corrected chi connectivity index (χ0v) is 31.9. The highest BCUT2D eigenvalue weighted by atomic mass is 16.8. The van der Waals surface area contributed by atoms with Crippen molar-refractivity contribution in [3.8, 4) is 0 Å². The van der Waals surface area contributed by atoms with Gasteiger partial charge in [0.15, 0.2) is 18.4 Å². The average molecular weight is 745 g/mol. The second-order valence-corrected chi connectivity index (χ2v) is 17.5. The van der Waals surface area contributed by atoms with Crippen LogP contribution in [0.25, 0.3) is 0 Å². The van der Waals surface area contributed by atoms with Crippen LogP contribution in [0.2, 0.25) is 0 Å². The van der Waals surface area contributed by atoms with Gasteiger partial charge in [-0.1, -0.05) is 54.0 Å². The lowest BCUT2D eigenvalue weighted by Gasteiger charge is -2.57. The molecule has 13 heteroatoms. The molecule has 0 bridgehead atoms. The van der Waals surface area contributed by atoms with Gasteiger partial charge in [-0.3, -0.25) is 0 Å². The van der Waals surface area contributed by atoms with Crippen molar-refractivity contribution in [2.45, 2.75) is 179 Å². The quantitative estimate of drug-likeness (QED) is 0.0867. The van der Waals surface area contributed by atoms with Crippen LogP contribution in [0.5, 0.6) is 0 Å². The van der Waals surface area contributed by atoms with Crippen molar-refractivity contribution in [2.24, 2.45) is 40.9 Å². The third-order valence-electron chi connectivity index (χ3n) is 13.3. The SMILES string of the molecule is CC(C)/C=C/[C@@](O)(OC1CCCC2C(CC[C@@H]3CC(OC4OC(CO)C(O)C(O)C4OC4OC(CO)C(O)C(O)C4O)CC[C@]23C)C(C)C1)C(C)C. The van der Waals surface area contributed by atoms with E-state index in [1.54, 1.807) is 0 Å². The fraction of sp³-hybridized carbons (Fsp3) is 0.949. The Bertz CT molecular complexity index is 1150. The van der Waals surface area contributed by atoms with Gasteiger partial charge in [0, 0.05) is 5.92 Å². The number of rotatable bonds is 11. The number of aliphatic hydroxyl groups excluding tert-OH is 7. The number of ether oxygens (including phenoxy) is 5. The monoisotopic (exact) mass is 744 g/mol. The highest BCUT2D eigenvalue weighted by Gasteiger charge is 2.55. The van der Waals surface area contributed by atoms with E-state index in [1.165, 1.54) is 0 Å². The predicted molar refractivity (Wildman–Crippen MR) is 189 cm³/mol. The number of hydrogen-bond donors (Lipinski definition) is 8. The molecular formula is C39H68O13. The van der Waals surface area contributed by atoms with E-state index in [0.717, 1.165) is 57.8 Å². The highest BCUT2D eigenvalue weighted by molar-refractivity contribution is 5.03. The normalized spacial score (nSPS) is 47.5. The van der Waals surface area contributed by atoms with Gasteiger partial charge >= 0.3 is 0 Å². The zero-order chi connectivity index (χ0) is 38.1. The first-order valence-electron chi connectivity index (χ1n) is 19.9. The Morgan fingerprint density at radius 3 is 2.06 bits per heavy atom. The van der Waals surface area contributed by atoms with Gasteiger partial charge in [0.25, 0.3) is 0 Å². The molecule has 302 valence electrons. The molecular weight excluding hydrogens is 676 g/mol. The summed E-state index contributed by atoms with van der Waals surface area (Å²) in [6.45, 7) is 11.7. The highest BCUT2D eigenvalue weighted by Crippen LogP contribution is 2.59. The topological polar surface area (TPSA) is 208 Å². The molecule has 2 heterocycles. The predicted octanol–water partition coefficient (Wildman–Crippen LogP) is 1.98. The molecule has 5 aliphatic rings. The molecule has 0 aromatic rings. The van der Waals surface area contributed by atoms with E-state index in [2.05, 4.69) is 27.7 Å². The van der Waals surface area contributed by atoms with Crippen molar-refractivity contribution in [1.29, 1.82) is 0 Å². The Morgan fingerprint density at radius 2 is 1.42 bits per heavy atom. The van der Waals surface area contributed by atoms with Gasteiger partial charge in [-0.15, -0.1) is 0 Å². The molecule has 5 rings (SSSR count). The van der Waals surface area contributed by atoms with Crippen LogP contribution in [0.4, 0.5) is 0 Å². The maximum atomic E-state index is 11.5. The fourth-order valence-electron chi connectivity index (χ4n) is 9.93. The summed E-state index contributed by atoms with van der Waals surface area (Å²) < 4.78 is 30.4. The van der Waals surface area contributed by atoms with Crippen LogP contribution in [0.3, 0.4) is 0 Å². The van der Waals surface area contributed by atoms with E-state index in [4.69, 9.17) is 23.7 Å². The summed E-state index contributed by atoms with van der Waals surface area (Å²) in [6, 6.07) is 0. The molecule has 5 fully saturated rings. The molecule has 18 atom stereocenters. The van der Waals surface area contributed by atoms with E-state index in [0.29, 0.717) is 29.6 Å². The van der Waals surface area contributed by atoms with Gasteiger partial charge in [-0.05, 0) is 92.4 Å². The van der Waals surface area contributed by atoms with Crippen molar-refractivity contribution in [3.63, 3.8) is 0 Å². The minimum Gasteiger partial charge on any atom is -0.394 e. The summed E-state index contributed by atoms with van der Waals surface area (Å²) in [6.07, 6.45) is -2.63. The first kappa shape index (κ1) is 42.4. The first-order chi connectivity index (χ1) is 24.5. The van der Waals surface area contributed by atoms with E-state index >= 15 is 0 Å². The van der Waals surface area contributed by atoms with Crippen LogP contribution < -0.4 is 0 Å². The summed E-state index contributed by atoms with van der Waals surface area (Å²) in [7, 11) is 0. The van der Waals surface area contributed by atoms with Gasteiger partial charge in [0.2, 0.25) is 0 Å². The second-order valence-electron chi connectivity index (χ2n) is 17.5. The summed E-state index contributed by atoms with van der Waals surface area (Å²) in [5, 5.41) is 84.0. The van der Waals surface area contributed by atoms with Crippen LogP contribution in [0, 0.1) is 40.9 Å². The summed E-state index contributed by atoms with van der Waals surface area (Å²) in [5.74, 6) is 0.865. The lowest BCUT2D eigenvalue weighted by atomic mass is 9.49. The van der Waals surface area contributed by atoms with Crippen LogP contribution in [-0.2, 0) is 23.7 Å². The van der Waals surface area contributed by atoms with Crippen molar-refractivity contribution in [1.82, 2.24) is 0 Å². The molecule has 3 saturated carbocycles. The van der Waals surface area contributed by atoms with Crippen LogP contribution >= 0.6 is 0 Å². The minimum absolute atomic E-state index is 0.0138. The second kappa shape index (κ2) is 17.6. The van der Waals surface area contributed by atoms with Gasteiger partial charge in [0.1, 0.15) is 48.8 Å². The van der Waals surface area contributed by atoms with Gasteiger partial charge in [-0.2, -0.15) is 0 Å². The third-order valence-corrected chi connectivity index (χ3v) is 13.3. The molecule has 0 radical (unpaired) electrons. The summed E-state index contributed by atoms with van der Waals surface area (Å²) in [4.78, 5) is 0. The molecule has 3 aliphatic carbocycles. The Balaban J connectivity index is 1.25. The maximum absolute atomic E-state index is 11.5. The lowest BCUT2D eigenvalue weighted by molar-refractivity contribution is -0.373. The van der Waals surface area contributed by atoms with Crippen LogP contribution in [-0.4, -0.2) is 133 Å². The Kier molecular flexibility index (Phi) is 14.3. The van der Waals surface area contributed by atoms with Crippen molar-refractivity contribution in [2.75, 3.05) is 13.2 Å². The molecule has 0 aromatic heterocycles.